The standard InChI is InChI=1S/C13H13BrINO/c1-16-13(8-10-3-2-6-17-10)11-7-9(15)4-5-12(11)14/h2-7,13,16H,8H2,1H3. The van der Waals surface area contributed by atoms with Crippen molar-refractivity contribution < 1.29 is 4.42 Å². The Morgan fingerprint density at radius 2 is 2.24 bits per heavy atom. The average molecular weight is 406 g/mol. The Labute approximate surface area is 123 Å². The zero-order valence-corrected chi connectivity index (χ0v) is 13.2. The van der Waals surface area contributed by atoms with Crippen molar-refractivity contribution in [1.82, 2.24) is 5.32 Å². The fraction of sp³-hybridized carbons (Fsp3) is 0.231. The first-order valence-corrected chi connectivity index (χ1v) is 7.22. The predicted molar refractivity (Wildman–Crippen MR) is 81.1 cm³/mol. The molecule has 0 radical (unpaired) electrons. The first kappa shape index (κ1) is 13.1. The molecule has 0 aliphatic carbocycles. The molecule has 2 nitrogen and oxygen atoms in total. The Bertz CT molecular complexity index is 484. The molecule has 1 atom stereocenters. The van der Waals surface area contributed by atoms with Crippen molar-refractivity contribution in [3.8, 4) is 0 Å². The SMILES string of the molecule is CNC(Cc1ccco1)c1cc(I)ccc1Br. The summed E-state index contributed by atoms with van der Waals surface area (Å²) in [6, 6.07) is 10.6. The van der Waals surface area contributed by atoms with Gasteiger partial charge in [0.25, 0.3) is 0 Å². The van der Waals surface area contributed by atoms with Gasteiger partial charge in [0.05, 0.1) is 6.26 Å². The molecule has 2 aromatic rings. The highest BCUT2D eigenvalue weighted by atomic mass is 127. The molecular formula is C13H13BrINO. The van der Waals surface area contributed by atoms with Crippen LogP contribution in [0.2, 0.25) is 0 Å². The summed E-state index contributed by atoms with van der Waals surface area (Å²) in [5, 5.41) is 3.33. The highest BCUT2D eigenvalue weighted by Gasteiger charge is 2.14. The summed E-state index contributed by atoms with van der Waals surface area (Å²) in [6.45, 7) is 0. The fourth-order valence-corrected chi connectivity index (χ4v) is 2.82. The van der Waals surface area contributed by atoms with Crippen LogP contribution in [0.4, 0.5) is 0 Å². The zero-order chi connectivity index (χ0) is 12.3. The number of likely N-dealkylation sites (N-methyl/N-ethyl adjacent to an activating group) is 1. The first-order chi connectivity index (χ1) is 8.20. The van der Waals surface area contributed by atoms with E-state index in [4.69, 9.17) is 4.42 Å². The Morgan fingerprint density at radius 3 is 2.88 bits per heavy atom. The predicted octanol–water partition coefficient (Wildman–Crippen LogP) is 4.15. The monoisotopic (exact) mass is 405 g/mol. The number of benzene rings is 1. The second-order valence-electron chi connectivity index (χ2n) is 3.79. The Hall–Kier alpha value is -0.330. The van der Waals surface area contributed by atoms with E-state index in [9.17, 15) is 0 Å². The van der Waals surface area contributed by atoms with Crippen LogP contribution in [0, 0.1) is 3.57 Å². The third kappa shape index (κ3) is 3.33. The minimum atomic E-state index is 0.255. The van der Waals surface area contributed by atoms with Crippen molar-refractivity contribution >= 4 is 38.5 Å². The molecule has 4 heteroatoms. The van der Waals surface area contributed by atoms with Crippen molar-refractivity contribution in [2.45, 2.75) is 12.5 Å². The van der Waals surface area contributed by atoms with Gasteiger partial charge in [0.15, 0.2) is 0 Å². The highest BCUT2D eigenvalue weighted by Crippen LogP contribution is 2.27. The normalized spacial score (nSPS) is 12.6. The van der Waals surface area contributed by atoms with Gasteiger partial charge in [-0.15, -0.1) is 0 Å². The summed E-state index contributed by atoms with van der Waals surface area (Å²) in [7, 11) is 1.97. The molecule has 0 aliphatic heterocycles. The summed E-state index contributed by atoms with van der Waals surface area (Å²) in [5.74, 6) is 0.995. The number of hydrogen-bond donors (Lipinski definition) is 1. The van der Waals surface area contributed by atoms with Gasteiger partial charge in [-0.25, -0.2) is 0 Å². The molecular weight excluding hydrogens is 393 g/mol. The van der Waals surface area contributed by atoms with Crippen molar-refractivity contribution in [3.63, 3.8) is 0 Å². The van der Waals surface area contributed by atoms with Crippen LogP contribution >= 0.6 is 38.5 Å². The number of halogens is 2. The lowest BCUT2D eigenvalue weighted by Gasteiger charge is -2.17. The molecule has 0 spiro atoms. The molecule has 0 saturated heterocycles. The molecule has 1 N–H and O–H groups in total. The highest BCUT2D eigenvalue weighted by molar-refractivity contribution is 14.1. The third-order valence-electron chi connectivity index (χ3n) is 2.67. The lowest BCUT2D eigenvalue weighted by Crippen LogP contribution is -2.19. The summed E-state index contributed by atoms with van der Waals surface area (Å²) in [6.07, 6.45) is 2.56. The minimum Gasteiger partial charge on any atom is -0.469 e. The van der Waals surface area contributed by atoms with Gasteiger partial charge < -0.3 is 9.73 Å². The number of hydrogen-bond acceptors (Lipinski definition) is 2. The summed E-state index contributed by atoms with van der Waals surface area (Å²) in [5.41, 5.74) is 1.26. The van der Waals surface area contributed by atoms with E-state index in [1.165, 1.54) is 9.13 Å². The van der Waals surface area contributed by atoms with Crippen LogP contribution in [0.3, 0.4) is 0 Å². The van der Waals surface area contributed by atoms with E-state index >= 15 is 0 Å². The van der Waals surface area contributed by atoms with E-state index in [-0.39, 0.29) is 6.04 Å². The third-order valence-corrected chi connectivity index (χ3v) is 4.06. The van der Waals surface area contributed by atoms with Gasteiger partial charge in [0, 0.05) is 20.5 Å². The van der Waals surface area contributed by atoms with Crippen molar-refractivity contribution in [3.05, 3.63) is 56.0 Å². The molecule has 0 saturated carbocycles. The summed E-state index contributed by atoms with van der Waals surface area (Å²) in [4.78, 5) is 0. The lowest BCUT2D eigenvalue weighted by molar-refractivity contribution is 0.465. The van der Waals surface area contributed by atoms with Crippen molar-refractivity contribution in [2.75, 3.05) is 7.05 Å². The van der Waals surface area contributed by atoms with Gasteiger partial charge in [-0.3, -0.25) is 0 Å². The van der Waals surface area contributed by atoms with Crippen LogP contribution in [-0.2, 0) is 6.42 Å². The molecule has 1 aromatic carbocycles. The van der Waals surface area contributed by atoms with E-state index in [2.05, 4.69) is 62.0 Å². The number of furan rings is 1. The molecule has 1 heterocycles. The maximum Gasteiger partial charge on any atom is 0.105 e. The average Bonchev–Trinajstić information content (AvgIpc) is 2.82. The Morgan fingerprint density at radius 1 is 1.41 bits per heavy atom. The van der Waals surface area contributed by atoms with E-state index in [1.807, 2.05) is 19.2 Å². The van der Waals surface area contributed by atoms with Crippen LogP contribution in [0.25, 0.3) is 0 Å². The van der Waals surface area contributed by atoms with Crippen molar-refractivity contribution in [1.29, 1.82) is 0 Å². The van der Waals surface area contributed by atoms with Gasteiger partial charge in [-0.05, 0) is 65.5 Å². The topological polar surface area (TPSA) is 25.2 Å². The first-order valence-electron chi connectivity index (χ1n) is 5.35. The van der Waals surface area contributed by atoms with Crippen LogP contribution in [0.1, 0.15) is 17.4 Å². The van der Waals surface area contributed by atoms with Gasteiger partial charge in [-0.1, -0.05) is 15.9 Å². The van der Waals surface area contributed by atoms with E-state index in [0.717, 1.165) is 16.7 Å². The van der Waals surface area contributed by atoms with Gasteiger partial charge in [0.2, 0.25) is 0 Å². The smallest absolute Gasteiger partial charge is 0.105 e. The Kier molecular flexibility index (Phi) is 4.64. The van der Waals surface area contributed by atoms with Crippen LogP contribution in [0.5, 0.6) is 0 Å². The fourth-order valence-electron chi connectivity index (χ4n) is 1.78. The van der Waals surface area contributed by atoms with Crippen LogP contribution < -0.4 is 5.32 Å². The maximum atomic E-state index is 5.40. The second kappa shape index (κ2) is 6.02. The van der Waals surface area contributed by atoms with Gasteiger partial charge in [0.1, 0.15) is 5.76 Å². The minimum absolute atomic E-state index is 0.255. The van der Waals surface area contributed by atoms with Gasteiger partial charge in [-0.2, -0.15) is 0 Å². The number of rotatable bonds is 4. The number of nitrogens with one attached hydrogen (secondary N) is 1. The second-order valence-corrected chi connectivity index (χ2v) is 5.89. The molecule has 17 heavy (non-hydrogen) atoms. The zero-order valence-electron chi connectivity index (χ0n) is 9.41. The quantitative estimate of drug-likeness (QED) is 0.773. The maximum absolute atomic E-state index is 5.40. The van der Waals surface area contributed by atoms with Gasteiger partial charge >= 0.3 is 0 Å². The molecule has 1 unspecified atom stereocenters. The summed E-state index contributed by atoms with van der Waals surface area (Å²) < 4.78 is 7.77. The molecule has 1 aromatic heterocycles. The van der Waals surface area contributed by atoms with E-state index < -0.39 is 0 Å². The molecule has 0 bridgehead atoms. The van der Waals surface area contributed by atoms with Crippen molar-refractivity contribution in [2.24, 2.45) is 0 Å². The molecule has 90 valence electrons. The lowest BCUT2D eigenvalue weighted by atomic mass is 10.0. The van der Waals surface area contributed by atoms with Crippen LogP contribution in [-0.4, -0.2) is 7.05 Å². The largest absolute Gasteiger partial charge is 0.469 e. The van der Waals surface area contributed by atoms with E-state index in [0.29, 0.717) is 0 Å². The molecule has 0 aliphatic rings. The van der Waals surface area contributed by atoms with Crippen LogP contribution in [0.15, 0.2) is 45.5 Å². The Balaban J connectivity index is 2.25. The van der Waals surface area contributed by atoms with E-state index in [1.54, 1.807) is 6.26 Å². The molecule has 2 rings (SSSR count). The summed E-state index contributed by atoms with van der Waals surface area (Å²) >= 11 is 5.93. The molecule has 0 fully saturated rings. The molecule has 0 amide bonds.